The van der Waals surface area contributed by atoms with E-state index in [1.165, 1.54) is 50.0 Å². The second kappa shape index (κ2) is 7.45. The molecule has 1 aromatic rings. The monoisotopic (exact) mass is 328 g/mol. The van der Waals surface area contributed by atoms with Crippen LogP contribution in [0, 0.1) is 5.41 Å². The van der Waals surface area contributed by atoms with Crippen molar-refractivity contribution in [3.05, 3.63) is 29.8 Å². The van der Waals surface area contributed by atoms with Gasteiger partial charge in [0.2, 0.25) is 0 Å². The molecule has 1 N–H and O–H groups in total. The third kappa shape index (κ3) is 3.85. The highest BCUT2D eigenvalue weighted by Crippen LogP contribution is 2.47. The maximum absolute atomic E-state index is 4.50. The Hall–Kier alpha value is -1.71. The molecule has 1 heterocycles. The van der Waals surface area contributed by atoms with E-state index in [2.05, 4.69) is 58.5 Å². The van der Waals surface area contributed by atoms with Crippen LogP contribution in [0.4, 0.5) is 5.69 Å². The SMILES string of the molecule is CN=C(NCCCc1ccc(N(C)C)cc1)N1CCC2(CCC2)C1. The highest BCUT2D eigenvalue weighted by molar-refractivity contribution is 5.80. The molecule has 24 heavy (non-hydrogen) atoms. The van der Waals surface area contributed by atoms with Gasteiger partial charge in [0.25, 0.3) is 0 Å². The van der Waals surface area contributed by atoms with Crippen molar-refractivity contribution in [1.29, 1.82) is 0 Å². The minimum Gasteiger partial charge on any atom is -0.378 e. The molecule has 1 saturated heterocycles. The fourth-order valence-electron chi connectivity index (χ4n) is 3.99. The van der Waals surface area contributed by atoms with E-state index < -0.39 is 0 Å². The topological polar surface area (TPSA) is 30.9 Å². The van der Waals surface area contributed by atoms with Crippen molar-refractivity contribution in [2.75, 3.05) is 45.7 Å². The molecule has 0 aromatic heterocycles. The quantitative estimate of drug-likeness (QED) is 0.512. The predicted molar refractivity (Wildman–Crippen MR) is 103 cm³/mol. The van der Waals surface area contributed by atoms with Gasteiger partial charge in [0, 0.05) is 46.5 Å². The summed E-state index contributed by atoms with van der Waals surface area (Å²) in [5, 5.41) is 3.56. The highest BCUT2D eigenvalue weighted by atomic mass is 15.3. The molecule has 4 nitrogen and oxygen atoms in total. The first-order valence-electron chi connectivity index (χ1n) is 9.34. The zero-order valence-corrected chi connectivity index (χ0v) is 15.5. The van der Waals surface area contributed by atoms with Crippen molar-refractivity contribution in [3.63, 3.8) is 0 Å². The lowest BCUT2D eigenvalue weighted by Crippen LogP contribution is -2.42. The molecule has 1 spiro atoms. The van der Waals surface area contributed by atoms with Gasteiger partial charge in [0.1, 0.15) is 0 Å². The average Bonchev–Trinajstić information content (AvgIpc) is 3.01. The van der Waals surface area contributed by atoms with Gasteiger partial charge < -0.3 is 15.1 Å². The lowest BCUT2D eigenvalue weighted by molar-refractivity contribution is 0.151. The number of hydrogen-bond acceptors (Lipinski definition) is 2. The van der Waals surface area contributed by atoms with Crippen LogP contribution in [0.2, 0.25) is 0 Å². The molecule has 3 rings (SSSR count). The molecule has 1 aromatic carbocycles. The van der Waals surface area contributed by atoms with E-state index in [1.807, 2.05) is 7.05 Å². The fourth-order valence-corrected chi connectivity index (χ4v) is 3.99. The molecule has 1 saturated carbocycles. The average molecular weight is 329 g/mol. The minimum absolute atomic E-state index is 0.631. The Morgan fingerprint density at radius 2 is 1.96 bits per heavy atom. The Kier molecular flexibility index (Phi) is 5.32. The molecule has 2 aliphatic rings. The molecule has 2 fully saturated rings. The van der Waals surface area contributed by atoms with Crippen LogP contribution in [0.25, 0.3) is 0 Å². The lowest BCUT2D eigenvalue weighted by atomic mass is 9.68. The second-order valence-electron chi connectivity index (χ2n) is 7.66. The Morgan fingerprint density at radius 3 is 2.50 bits per heavy atom. The Labute approximate surface area is 146 Å². The molecule has 0 amide bonds. The maximum Gasteiger partial charge on any atom is 0.193 e. The Balaban J connectivity index is 1.40. The minimum atomic E-state index is 0.631. The van der Waals surface area contributed by atoms with Crippen LogP contribution in [-0.2, 0) is 6.42 Å². The van der Waals surface area contributed by atoms with E-state index in [1.54, 1.807) is 0 Å². The Morgan fingerprint density at radius 1 is 1.21 bits per heavy atom. The van der Waals surface area contributed by atoms with Gasteiger partial charge in [-0.1, -0.05) is 18.6 Å². The van der Waals surface area contributed by atoms with Crippen LogP contribution in [0.15, 0.2) is 29.3 Å². The van der Waals surface area contributed by atoms with E-state index in [9.17, 15) is 0 Å². The number of aliphatic imine (C=N–C) groups is 1. The summed E-state index contributed by atoms with van der Waals surface area (Å²) in [4.78, 5) is 9.10. The highest BCUT2D eigenvalue weighted by Gasteiger charge is 2.43. The number of benzene rings is 1. The van der Waals surface area contributed by atoms with Gasteiger partial charge in [-0.05, 0) is 55.2 Å². The summed E-state index contributed by atoms with van der Waals surface area (Å²) in [7, 11) is 6.07. The van der Waals surface area contributed by atoms with Crippen LogP contribution in [0.5, 0.6) is 0 Å². The van der Waals surface area contributed by atoms with Crippen molar-refractivity contribution in [2.24, 2.45) is 10.4 Å². The predicted octanol–water partition coefficient (Wildman–Crippen LogP) is 3.14. The maximum atomic E-state index is 4.50. The van der Waals surface area contributed by atoms with E-state index in [0.29, 0.717) is 5.41 Å². The number of nitrogens with zero attached hydrogens (tertiary/aromatic N) is 3. The molecule has 1 aliphatic heterocycles. The van der Waals surface area contributed by atoms with Gasteiger partial charge in [-0.25, -0.2) is 0 Å². The van der Waals surface area contributed by atoms with Gasteiger partial charge in [0.05, 0.1) is 0 Å². The van der Waals surface area contributed by atoms with E-state index in [-0.39, 0.29) is 0 Å². The molecule has 132 valence electrons. The number of guanidine groups is 1. The number of nitrogens with one attached hydrogen (secondary N) is 1. The first-order valence-corrected chi connectivity index (χ1v) is 9.34. The first-order chi connectivity index (χ1) is 11.6. The van der Waals surface area contributed by atoms with Crippen molar-refractivity contribution in [2.45, 2.75) is 38.5 Å². The third-order valence-electron chi connectivity index (χ3n) is 5.74. The zero-order chi connectivity index (χ0) is 17.0. The summed E-state index contributed by atoms with van der Waals surface area (Å²) in [5.41, 5.74) is 3.30. The van der Waals surface area contributed by atoms with Crippen molar-refractivity contribution >= 4 is 11.6 Å². The number of rotatable bonds is 5. The van der Waals surface area contributed by atoms with Gasteiger partial charge in [-0.2, -0.15) is 0 Å². The number of anilines is 1. The van der Waals surface area contributed by atoms with Gasteiger partial charge >= 0.3 is 0 Å². The van der Waals surface area contributed by atoms with Crippen molar-refractivity contribution in [3.8, 4) is 0 Å². The fraction of sp³-hybridized carbons (Fsp3) is 0.650. The number of hydrogen-bond donors (Lipinski definition) is 1. The zero-order valence-electron chi connectivity index (χ0n) is 15.5. The summed E-state index contributed by atoms with van der Waals surface area (Å²) in [6.45, 7) is 3.37. The van der Waals surface area contributed by atoms with Crippen molar-refractivity contribution in [1.82, 2.24) is 10.2 Å². The molecule has 4 heteroatoms. The van der Waals surface area contributed by atoms with Crippen molar-refractivity contribution < 1.29 is 0 Å². The van der Waals surface area contributed by atoms with Gasteiger partial charge in [-0.15, -0.1) is 0 Å². The molecule has 1 aliphatic carbocycles. The van der Waals surface area contributed by atoms with Crippen LogP contribution in [0.3, 0.4) is 0 Å². The van der Waals surface area contributed by atoms with E-state index in [0.717, 1.165) is 25.3 Å². The molecular formula is C20H32N4. The summed E-state index contributed by atoms with van der Waals surface area (Å²) >= 11 is 0. The summed E-state index contributed by atoms with van der Waals surface area (Å²) in [6.07, 6.45) is 7.87. The largest absolute Gasteiger partial charge is 0.378 e. The smallest absolute Gasteiger partial charge is 0.193 e. The van der Waals surface area contributed by atoms with Crippen LogP contribution < -0.4 is 10.2 Å². The Bertz CT molecular complexity index is 558. The van der Waals surface area contributed by atoms with Gasteiger partial charge in [0.15, 0.2) is 5.96 Å². The normalized spacial score (nSPS) is 19.5. The van der Waals surface area contributed by atoms with E-state index >= 15 is 0 Å². The van der Waals surface area contributed by atoms with E-state index in [4.69, 9.17) is 0 Å². The molecule has 0 bridgehead atoms. The van der Waals surface area contributed by atoms with Crippen LogP contribution in [-0.4, -0.2) is 51.6 Å². The number of likely N-dealkylation sites (tertiary alicyclic amines) is 1. The molecule has 0 atom stereocenters. The summed E-state index contributed by atoms with van der Waals surface area (Å²) in [6, 6.07) is 8.88. The first kappa shape index (κ1) is 17.1. The van der Waals surface area contributed by atoms with Crippen LogP contribution >= 0.6 is 0 Å². The summed E-state index contributed by atoms with van der Waals surface area (Å²) < 4.78 is 0. The second-order valence-corrected chi connectivity index (χ2v) is 7.66. The molecule has 0 unspecified atom stereocenters. The lowest BCUT2D eigenvalue weighted by Gasteiger charge is -2.38. The molecule has 0 radical (unpaired) electrons. The standard InChI is InChI=1S/C20H32N4/c1-21-19(24-15-13-20(16-24)11-5-12-20)22-14-4-6-17-7-9-18(10-8-17)23(2)3/h7-10H,4-6,11-16H2,1-3H3,(H,21,22). The molecular weight excluding hydrogens is 296 g/mol. The van der Waals surface area contributed by atoms with Gasteiger partial charge in [-0.3, -0.25) is 4.99 Å². The number of aryl methyl sites for hydroxylation is 1. The third-order valence-corrected chi connectivity index (χ3v) is 5.74. The van der Waals surface area contributed by atoms with Crippen LogP contribution in [0.1, 0.15) is 37.7 Å². The summed E-state index contributed by atoms with van der Waals surface area (Å²) in [5.74, 6) is 1.10.